The van der Waals surface area contributed by atoms with E-state index in [2.05, 4.69) is 48.5 Å². The van der Waals surface area contributed by atoms with Crippen molar-refractivity contribution in [3.63, 3.8) is 0 Å². The molecule has 1 aliphatic rings. The summed E-state index contributed by atoms with van der Waals surface area (Å²) in [5.41, 5.74) is 0.886. The van der Waals surface area contributed by atoms with Crippen LogP contribution < -0.4 is 0 Å². The first kappa shape index (κ1) is 11.1. The van der Waals surface area contributed by atoms with E-state index in [4.69, 9.17) is 0 Å². The van der Waals surface area contributed by atoms with Crippen molar-refractivity contribution in [3.8, 4) is 0 Å². The topological polar surface area (TPSA) is 0 Å². The lowest BCUT2D eigenvalue weighted by Crippen LogP contribution is -2.37. The van der Waals surface area contributed by atoms with Crippen molar-refractivity contribution in [3.05, 3.63) is 0 Å². The molecule has 0 aliphatic heterocycles. The van der Waals surface area contributed by atoms with Crippen molar-refractivity contribution >= 4 is 0 Å². The van der Waals surface area contributed by atoms with Gasteiger partial charge in [-0.05, 0) is 35.0 Å². The van der Waals surface area contributed by atoms with E-state index < -0.39 is 0 Å². The van der Waals surface area contributed by atoms with Gasteiger partial charge in [0.1, 0.15) is 0 Å². The average molecular weight is 182 g/mol. The summed E-state index contributed by atoms with van der Waals surface area (Å²) in [6.07, 6.45) is 1.46. The molecule has 0 heterocycles. The van der Waals surface area contributed by atoms with Gasteiger partial charge in [-0.3, -0.25) is 0 Å². The fraction of sp³-hybridized carbons (Fsp3) is 1.00. The van der Waals surface area contributed by atoms with Gasteiger partial charge < -0.3 is 0 Å². The molecule has 3 unspecified atom stereocenters. The molecular weight excluding hydrogens is 156 g/mol. The quantitative estimate of drug-likeness (QED) is 0.595. The molecule has 1 fully saturated rings. The summed E-state index contributed by atoms with van der Waals surface area (Å²) in [6, 6.07) is 0. The Morgan fingerprint density at radius 1 is 1.08 bits per heavy atom. The minimum absolute atomic E-state index is 0.425. The summed E-state index contributed by atoms with van der Waals surface area (Å²) < 4.78 is 0. The van der Waals surface area contributed by atoms with E-state index in [-0.39, 0.29) is 0 Å². The van der Waals surface area contributed by atoms with Crippen molar-refractivity contribution in [2.45, 2.75) is 54.9 Å². The predicted octanol–water partition coefficient (Wildman–Crippen LogP) is 4.35. The van der Waals surface area contributed by atoms with Crippen LogP contribution in [-0.4, -0.2) is 0 Å². The van der Waals surface area contributed by atoms with Gasteiger partial charge in [0.25, 0.3) is 0 Å². The highest BCUT2D eigenvalue weighted by molar-refractivity contribution is 4.96. The molecule has 78 valence electrons. The zero-order valence-electron chi connectivity index (χ0n) is 10.4. The summed E-state index contributed by atoms with van der Waals surface area (Å²) in [6.45, 7) is 16.8. The van der Waals surface area contributed by atoms with Crippen LogP contribution in [0.5, 0.6) is 0 Å². The molecule has 1 saturated carbocycles. The predicted molar refractivity (Wildman–Crippen MR) is 59.7 cm³/mol. The molecule has 0 saturated heterocycles. The first-order chi connectivity index (χ1) is 5.68. The van der Waals surface area contributed by atoms with Crippen molar-refractivity contribution in [1.29, 1.82) is 0 Å². The van der Waals surface area contributed by atoms with E-state index in [0.29, 0.717) is 10.8 Å². The van der Waals surface area contributed by atoms with Crippen LogP contribution in [0.15, 0.2) is 0 Å². The van der Waals surface area contributed by atoms with Crippen molar-refractivity contribution in [2.75, 3.05) is 0 Å². The molecule has 0 amide bonds. The van der Waals surface area contributed by atoms with E-state index in [1.54, 1.807) is 0 Å². The van der Waals surface area contributed by atoms with Gasteiger partial charge in [0.15, 0.2) is 0 Å². The highest BCUT2D eigenvalue weighted by Crippen LogP contribution is 2.55. The molecule has 3 atom stereocenters. The Morgan fingerprint density at radius 2 is 1.46 bits per heavy atom. The standard InChI is InChI=1S/C13H26/c1-9-8-11(9)10(2)13(6,7)12(3,4)5/h9-11H,8H2,1-7H3. The molecule has 0 nitrogen and oxygen atoms in total. The van der Waals surface area contributed by atoms with E-state index in [0.717, 1.165) is 17.8 Å². The van der Waals surface area contributed by atoms with E-state index in [1.807, 2.05) is 0 Å². The van der Waals surface area contributed by atoms with Crippen molar-refractivity contribution < 1.29 is 0 Å². The Balaban J connectivity index is 2.69. The minimum Gasteiger partial charge on any atom is -0.0622 e. The highest BCUT2D eigenvalue weighted by atomic mass is 14.5. The summed E-state index contributed by atoms with van der Waals surface area (Å²) in [7, 11) is 0. The van der Waals surface area contributed by atoms with E-state index >= 15 is 0 Å². The molecule has 0 aromatic carbocycles. The first-order valence-electron chi connectivity index (χ1n) is 5.68. The maximum absolute atomic E-state index is 2.44. The second-order valence-corrected chi connectivity index (χ2v) is 6.64. The van der Waals surface area contributed by atoms with Crippen LogP contribution in [0, 0.1) is 28.6 Å². The third-order valence-electron chi connectivity index (χ3n) is 4.89. The number of rotatable bonds is 2. The lowest BCUT2D eigenvalue weighted by molar-refractivity contribution is 0.0494. The van der Waals surface area contributed by atoms with Gasteiger partial charge in [0, 0.05) is 0 Å². The maximum Gasteiger partial charge on any atom is -0.0277 e. The monoisotopic (exact) mass is 182 g/mol. The average Bonchev–Trinajstić information content (AvgIpc) is 2.62. The largest absolute Gasteiger partial charge is 0.0622 e. The highest BCUT2D eigenvalue weighted by Gasteiger charge is 2.47. The van der Waals surface area contributed by atoms with Gasteiger partial charge in [0.05, 0.1) is 0 Å². The Kier molecular flexibility index (Phi) is 2.56. The zero-order chi connectivity index (χ0) is 10.4. The smallest absolute Gasteiger partial charge is 0.0277 e. The minimum atomic E-state index is 0.425. The molecular formula is C13H26. The summed E-state index contributed by atoms with van der Waals surface area (Å²) >= 11 is 0. The summed E-state index contributed by atoms with van der Waals surface area (Å²) in [5.74, 6) is 2.84. The van der Waals surface area contributed by atoms with Crippen LogP contribution in [0.1, 0.15) is 54.9 Å². The molecule has 0 aromatic heterocycles. The second kappa shape index (κ2) is 3.00. The van der Waals surface area contributed by atoms with Crippen LogP contribution in [-0.2, 0) is 0 Å². The zero-order valence-corrected chi connectivity index (χ0v) is 10.4. The van der Waals surface area contributed by atoms with Crippen LogP contribution in [0.25, 0.3) is 0 Å². The molecule has 1 rings (SSSR count). The van der Waals surface area contributed by atoms with Crippen LogP contribution in [0.2, 0.25) is 0 Å². The molecule has 0 aromatic rings. The SMILES string of the molecule is CC1CC1C(C)C(C)(C)C(C)(C)C. The van der Waals surface area contributed by atoms with E-state index in [9.17, 15) is 0 Å². The maximum atomic E-state index is 2.44. The molecule has 0 bridgehead atoms. The molecule has 0 heteroatoms. The number of hydrogen-bond acceptors (Lipinski definition) is 0. The second-order valence-electron chi connectivity index (χ2n) is 6.64. The molecule has 13 heavy (non-hydrogen) atoms. The molecule has 0 radical (unpaired) electrons. The van der Waals surface area contributed by atoms with Gasteiger partial charge in [0.2, 0.25) is 0 Å². The van der Waals surface area contributed by atoms with Crippen molar-refractivity contribution in [1.82, 2.24) is 0 Å². The Hall–Kier alpha value is 0. The van der Waals surface area contributed by atoms with Gasteiger partial charge in [-0.25, -0.2) is 0 Å². The van der Waals surface area contributed by atoms with Gasteiger partial charge in [-0.15, -0.1) is 0 Å². The first-order valence-corrected chi connectivity index (χ1v) is 5.68. The van der Waals surface area contributed by atoms with Gasteiger partial charge in [-0.1, -0.05) is 48.5 Å². The van der Waals surface area contributed by atoms with Crippen LogP contribution in [0.3, 0.4) is 0 Å². The van der Waals surface area contributed by atoms with Gasteiger partial charge in [-0.2, -0.15) is 0 Å². The third-order valence-corrected chi connectivity index (χ3v) is 4.89. The number of hydrogen-bond donors (Lipinski definition) is 0. The van der Waals surface area contributed by atoms with Gasteiger partial charge >= 0.3 is 0 Å². The lowest BCUT2D eigenvalue weighted by Gasteiger charge is -2.44. The molecule has 1 aliphatic carbocycles. The molecule has 0 N–H and O–H groups in total. The fourth-order valence-electron chi connectivity index (χ4n) is 2.27. The Morgan fingerprint density at radius 3 is 1.69 bits per heavy atom. The van der Waals surface area contributed by atoms with Crippen LogP contribution >= 0.6 is 0 Å². The third kappa shape index (κ3) is 1.92. The fourth-order valence-corrected chi connectivity index (χ4v) is 2.27. The van der Waals surface area contributed by atoms with E-state index in [1.165, 1.54) is 6.42 Å². The van der Waals surface area contributed by atoms with Crippen molar-refractivity contribution in [2.24, 2.45) is 28.6 Å². The lowest BCUT2D eigenvalue weighted by atomic mass is 9.61. The Bertz CT molecular complexity index is 183. The summed E-state index contributed by atoms with van der Waals surface area (Å²) in [4.78, 5) is 0. The normalized spacial score (nSPS) is 31.6. The molecule has 0 spiro atoms. The Labute approximate surface area is 84.1 Å². The summed E-state index contributed by atoms with van der Waals surface area (Å²) in [5, 5.41) is 0. The van der Waals surface area contributed by atoms with Crippen LogP contribution in [0.4, 0.5) is 0 Å².